The van der Waals surface area contributed by atoms with Gasteiger partial charge in [0.2, 0.25) is 0 Å². The molecule has 4 aromatic carbocycles. The number of aryl methyl sites for hydroxylation is 4. The van der Waals surface area contributed by atoms with E-state index in [4.69, 9.17) is 0 Å². The van der Waals surface area contributed by atoms with Gasteiger partial charge in [-0.05, 0) is 109 Å². The van der Waals surface area contributed by atoms with Crippen LogP contribution in [-0.4, -0.2) is 0 Å². The first kappa shape index (κ1) is 23.9. The second-order valence-corrected chi connectivity index (χ2v) is 11.8. The lowest BCUT2D eigenvalue weighted by atomic mass is 9.75. The van der Waals surface area contributed by atoms with Crippen LogP contribution in [-0.2, 0) is 19.3 Å². The van der Waals surface area contributed by atoms with E-state index in [2.05, 4.69) is 113 Å². The minimum Gasteiger partial charge on any atom is -0.140 e. The minimum absolute atomic E-state index is 1.08. The van der Waals surface area contributed by atoms with E-state index < -0.39 is 0 Å². The first-order valence-electron chi connectivity index (χ1n) is 13.5. The van der Waals surface area contributed by atoms with Gasteiger partial charge in [0.15, 0.2) is 0 Å². The van der Waals surface area contributed by atoms with Crippen molar-refractivity contribution in [2.75, 3.05) is 0 Å². The predicted octanol–water partition coefficient (Wildman–Crippen LogP) is 10.4. The first-order chi connectivity index (χ1) is 18.0. The first-order valence-corrected chi connectivity index (χ1v) is 14.3. The standard InChI is InChI=1S/C36H34S/c1-23(2)28(17-15-26-11-7-5-8-12-26)29-19-21-32-34(24(29)3)33-22-20-31-30(25(4)37-36(31)35(32)33)18-16-27-13-9-6-10-14-27/h5-14,19-22H,15-18H2,1-4H3. The lowest BCUT2D eigenvalue weighted by Gasteiger charge is -2.29. The summed E-state index contributed by atoms with van der Waals surface area (Å²) in [5.74, 6) is 0. The molecule has 0 saturated carbocycles. The van der Waals surface area contributed by atoms with Gasteiger partial charge < -0.3 is 0 Å². The molecule has 1 heteroatoms. The van der Waals surface area contributed by atoms with Gasteiger partial charge in [-0.1, -0.05) is 90.5 Å². The third-order valence-corrected chi connectivity index (χ3v) is 9.29. The van der Waals surface area contributed by atoms with Crippen molar-refractivity contribution in [1.29, 1.82) is 0 Å². The van der Waals surface area contributed by atoms with E-state index in [1.807, 2.05) is 11.3 Å². The molecule has 1 heterocycles. The van der Waals surface area contributed by atoms with Gasteiger partial charge in [0.1, 0.15) is 0 Å². The maximum Gasteiger partial charge on any atom is 0.0433 e. The lowest BCUT2D eigenvalue weighted by Crippen LogP contribution is -2.05. The summed E-state index contributed by atoms with van der Waals surface area (Å²) in [6.45, 7) is 9.17. The molecule has 0 aliphatic heterocycles. The van der Waals surface area contributed by atoms with Crippen LogP contribution in [0, 0.1) is 13.8 Å². The molecule has 0 saturated heterocycles. The molecule has 1 aromatic heterocycles. The van der Waals surface area contributed by atoms with E-state index in [9.17, 15) is 0 Å². The van der Waals surface area contributed by atoms with Crippen LogP contribution < -0.4 is 0 Å². The van der Waals surface area contributed by atoms with E-state index in [-0.39, 0.29) is 0 Å². The summed E-state index contributed by atoms with van der Waals surface area (Å²) < 4.78 is 1.48. The number of rotatable bonds is 7. The SMILES string of the molecule is CC(C)=C(CCc1ccccc1)c1ccc2c(c1C)-c1ccc3c(CCc4ccccc4)c(C)sc3c1-2. The zero-order valence-electron chi connectivity index (χ0n) is 22.3. The normalized spacial score (nSPS) is 11.7. The van der Waals surface area contributed by atoms with Gasteiger partial charge in [0.25, 0.3) is 0 Å². The van der Waals surface area contributed by atoms with Crippen molar-refractivity contribution in [2.24, 2.45) is 0 Å². The van der Waals surface area contributed by atoms with Crippen LogP contribution in [0.2, 0.25) is 0 Å². The molecule has 0 N–H and O–H groups in total. The van der Waals surface area contributed by atoms with Gasteiger partial charge in [-0.2, -0.15) is 0 Å². The largest absolute Gasteiger partial charge is 0.140 e. The van der Waals surface area contributed by atoms with Crippen LogP contribution >= 0.6 is 11.3 Å². The number of hydrogen-bond donors (Lipinski definition) is 0. The number of benzene rings is 4. The van der Waals surface area contributed by atoms with Crippen molar-refractivity contribution in [2.45, 2.75) is 53.4 Å². The van der Waals surface area contributed by atoms with E-state index >= 15 is 0 Å². The van der Waals surface area contributed by atoms with E-state index in [0.717, 1.165) is 25.7 Å². The van der Waals surface area contributed by atoms with Crippen LogP contribution in [0.3, 0.4) is 0 Å². The van der Waals surface area contributed by atoms with Gasteiger partial charge in [0, 0.05) is 15.1 Å². The second-order valence-electron chi connectivity index (χ2n) is 10.6. The molecular weight excluding hydrogens is 464 g/mol. The molecule has 0 unspecified atom stereocenters. The number of hydrogen-bond acceptors (Lipinski definition) is 1. The van der Waals surface area contributed by atoms with Crippen molar-refractivity contribution < 1.29 is 0 Å². The summed E-state index contributed by atoms with van der Waals surface area (Å²) in [6, 6.07) is 31.3. The van der Waals surface area contributed by atoms with Crippen LogP contribution in [0.5, 0.6) is 0 Å². The van der Waals surface area contributed by atoms with E-state index in [0.29, 0.717) is 0 Å². The Balaban J connectivity index is 1.32. The molecule has 0 radical (unpaired) electrons. The third-order valence-electron chi connectivity index (χ3n) is 8.11. The van der Waals surface area contributed by atoms with Crippen molar-refractivity contribution in [3.8, 4) is 22.3 Å². The van der Waals surface area contributed by atoms with Gasteiger partial charge in [-0.25, -0.2) is 0 Å². The van der Waals surface area contributed by atoms with Crippen molar-refractivity contribution >= 4 is 27.0 Å². The molecule has 0 fully saturated rings. The molecule has 1 aliphatic carbocycles. The van der Waals surface area contributed by atoms with Crippen LogP contribution in [0.1, 0.15) is 53.0 Å². The molecular formula is C36H34S. The highest BCUT2D eigenvalue weighted by Gasteiger charge is 2.29. The highest BCUT2D eigenvalue weighted by Crippen LogP contribution is 2.55. The van der Waals surface area contributed by atoms with Crippen LogP contribution in [0.15, 0.2) is 90.5 Å². The maximum atomic E-state index is 2.39. The van der Waals surface area contributed by atoms with E-state index in [1.54, 1.807) is 0 Å². The Morgan fingerprint density at radius 3 is 1.95 bits per heavy atom. The Bertz CT molecular complexity index is 1630. The van der Waals surface area contributed by atoms with Gasteiger partial charge in [-0.15, -0.1) is 11.3 Å². The highest BCUT2D eigenvalue weighted by atomic mass is 32.1. The minimum atomic E-state index is 1.08. The molecule has 0 amide bonds. The molecule has 6 rings (SSSR count). The highest BCUT2D eigenvalue weighted by molar-refractivity contribution is 7.20. The quantitative estimate of drug-likeness (QED) is 0.205. The second kappa shape index (κ2) is 9.80. The van der Waals surface area contributed by atoms with Gasteiger partial charge in [0.05, 0.1) is 0 Å². The summed E-state index contributed by atoms with van der Waals surface area (Å²) >= 11 is 1.99. The summed E-state index contributed by atoms with van der Waals surface area (Å²) in [7, 11) is 0. The van der Waals surface area contributed by atoms with Crippen molar-refractivity contribution in [3.05, 3.63) is 123 Å². The molecule has 184 valence electrons. The number of thiophene rings is 1. The Labute approximate surface area is 225 Å². The fourth-order valence-electron chi connectivity index (χ4n) is 6.13. The Morgan fingerprint density at radius 2 is 1.27 bits per heavy atom. The fraction of sp³-hybridized carbons (Fsp3) is 0.222. The Kier molecular flexibility index (Phi) is 6.34. The van der Waals surface area contributed by atoms with Crippen LogP contribution in [0.25, 0.3) is 37.9 Å². The summed E-state index contributed by atoms with van der Waals surface area (Å²) in [6.07, 6.45) is 4.35. The summed E-state index contributed by atoms with van der Waals surface area (Å²) in [4.78, 5) is 1.47. The topological polar surface area (TPSA) is 0 Å². The average molecular weight is 499 g/mol. The Morgan fingerprint density at radius 1 is 0.649 bits per heavy atom. The molecule has 5 aromatic rings. The predicted molar refractivity (Wildman–Crippen MR) is 163 cm³/mol. The van der Waals surface area contributed by atoms with Crippen molar-refractivity contribution in [3.63, 3.8) is 0 Å². The molecule has 0 nitrogen and oxygen atoms in total. The molecule has 0 spiro atoms. The van der Waals surface area contributed by atoms with Gasteiger partial charge >= 0.3 is 0 Å². The van der Waals surface area contributed by atoms with Gasteiger partial charge in [-0.3, -0.25) is 0 Å². The molecule has 0 bridgehead atoms. The zero-order chi connectivity index (χ0) is 25.5. The summed E-state index contributed by atoms with van der Waals surface area (Å²) in [5, 5.41) is 1.46. The molecule has 0 atom stereocenters. The molecule has 1 aliphatic rings. The third kappa shape index (κ3) is 4.26. The maximum absolute atomic E-state index is 2.39. The van der Waals surface area contributed by atoms with Crippen molar-refractivity contribution in [1.82, 2.24) is 0 Å². The number of allylic oxidation sites excluding steroid dienone is 2. The molecule has 37 heavy (non-hydrogen) atoms. The monoisotopic (exact) mass is 498 g/mol. The fourth-order valence-corrected chi connectivity index (χ4v) is 7.40. The van der Waals surface area contributed by atoms with E-state index in [1.165, 1.54) is 76.2 Å². The average Bonchev–Trinajstić information content (AvgIpc) is 3.21. The Hall–Kier alpha value is -3.42. The van der Waals surface area contributed by atoms with Crippen LogP contribution in [0.4, 0.5) is 0 Å². The smallest absolute Gasteiger partial charge is 0.0433 e. The number of fused-ring (bicyclic) bond motifs is 6. The summed E-state index contributed by atoms with van der Waals surface area (Å²) in [5.41, 5.74) is 15.9. The lowest BCUT2D eigenvalue weighted by molar-refractivity contribution is 0.965. The zero-order valence-corrected chi connectivity index (χ0v) is 23.1.